The fraction of sp³-hybridized carbons (Fsp3) is 0.174. The Kier molecular flexibility index (Phi) is 5.88. The van der Waals surface area contributed by atoms with Crippen molar-refractivity contribution in [3.8, 4) is 6.07 Å². The Morgan fingerprint density at radius 2 is 1.87 bits per heavy atom. The molecule has 2 aromatic carbocycles. The first-order valence-corrected chi connectivity index (χ1v) is 9.68. The molecule has 1 saturated heterocycles. The average Bonchev–Trinajstić information content (AvgIpc) is 2.80. The van der Waals surface area contributed by atoms with Crippen molar-refractivity contribution in [1.82, 2.24) is 4.98 Å². The highest BCUT2D eigenvalue weighted by Gasteiger charge is 2.15. The number of amides is 1. The molecule has 3 aromatic rings. The largest absolute Gasteiger partial charge is 0.378 e. The van der Waals surface area contributed by atoms with Gasteiger partial charge in [-0.05, 0) is 36.4 Å². The fourth-order valence-electron chi connectivity index (χ4n) is 3.32. The first-order valence-electron chi connectivity index (χ1n) is 9.68. The number of benzene rings is 2. The van der Waals surface area contributed by atoms with Crippen LogP contribution in [0.1, 0.15) is 15.9 Å². The van der Waals surface area contributed by atoms with E-state index in [0.717, 1.165) is 24.5 Å². The normalized spacial score (nSPS) is 13.4. The lowest BCUT2D eigenvalue weighted by molar-refractivity contribution is 0.102. The zero-order valence-corrected chi connectivity index (χ0v) is 16.3. The van der Waals surface area contributed by atoms with Gasteiger partial charge in [-0.1, -0.05) is 18.2 Å². The maximum Gasteiger partial charge on any atom is 0.257 e. The number of nitriles is 1. The molecule has 1 fully saturated rings. The highest BCUT2D eigenvalue weighted by molar-refractivity contribution is 6.04. The maximum absolute atomic E-state index is 12.6. The number of pyridine rings is 1. The number of para-hydroxylation sites is 2. The van der Waals surface area contributed by atoms with Crippen molar-refractivity contribution in [3.63, 3.8) is 0 Å². The van der Waals surface area contributed by atoms with Crippen LogP contribution in [0.4, 0.5) is 22.7 Å². The molecule has 7 heteroatoms. The molecule has 0 saturated carbocycles. The van der Waals surface area contributed by atoms with Crippen LogP contribution >= 0.6 is 0 Å². The Morgan fingerprint density at radius 3 is 2.70 bits per heavy atom. The van der Waals surface area contributed by atoms with Gasteiger partial charge in [0.25, 0.3) is 5.91 Å². The van der Waals surface area contributed by atoms with Gasteiger partial charge in [0.2, 0.25) is 0 Å². The summed E-state index contributed by atoms with van der Waals surface area (Å²) in [6.07, 6.45) is 3.20. The van der Waals surface area contributed by atoms with Crippen molar-refractivity contribution in [2.24, 2.45) is 0 Å². The van der Waals surface area contributed by atoms with Gasteiger partial charge in [-0.25, -0.2) is 0 Å². The zero-order chi connectivity index (χ0) is 20.8. The van der Waals surface area contributed by atoms with Crippen molar-refractivity contribution < 1.29 is 9.53 Å². The number of aromatic nitrogens is 1. The molecule has 30 heavy (non-hydrogen) atoms. The minimum atomic E-state index is -0.289. The van der Waals surface area contributed by atoms with Gasteiger partial charge in [-0.15, -0.1) is 0 Å². The summed E-state index contributed by atoms with van der Waals surface area (Å²) in [6, 6.07) is 18.7. The highest BCUT2D eigenvalue weighted by Crippen LogP contribution is 2.29. The van der Waals surface area contributed by atoms with Crippen LogP contribution in [0.15, 0.2) is 67.0 Å². The van der Waals surface area contributed by atoms with Crippen molar-refractivity contribution in [1.29, 1.82) is 5.26 Å². The molecule has 0 unspecified atom stereocenters. The lowest BCUT2D eigenvalue weighted by Crippen LogP contribution is -2.36. The second kappa shape index (κ2) is 9.07. The maximum atomic E-state index is 12.6. The summed E-state index contributed by atoms with van der Waals surface area (Å²) < 4.78 is 5.45. The number of nitrogens with zero attached hydrogens (tertiary/aromatic N) is 3. The number of hydrogen-bond acceptors (Lipinski definition) is 6. The van der Waals surface area contributed by atoms with Crippen molar-refractivity contribution in [2.45, 2.75) is 0 Å². The first kappa shape index (κ1) is 19.4. The number of ether oxygens (including phenoxy) is 1. The molecule has 1 amide bonds. The molecule has 1 aromatic heterocycles. The minimum absolute atomic E-state index is 0.289. The van der Waals surface area contributed by atoms with Crippen molar-refractivity contribution in [3.05, 3.63) is 78.1 Å². The smallest absolute Gasteiger partial charge is 0.257 e. The molecule has 4 rings (SSSR count). The van der Waals surface area contributed by atoms with E-state index in [-0.39, 0.29) is 5.91 Å². The summed E-state index contributed by atoms with van der Waals surface area (Å²) in [6.45, 7) is 3.08. The highest BCUT2D eigenvalue weighted by atomic mass is 16.5. The van der Waals surface area contributed by atoms with Crippen molar-refractivity contribution in [2.75, 3.05) is 41.8 Å². The molecule has 7 nitrogen and oxygen atoms in total. The average molecular weight is 399 g/mol. The summed E-state index contributed by atoms with van der Waals surface area (Å²) in [7, 11) is 0. The van der Waals surface area contributed by atoms with Crippen LogP contribution in [0.3, 0.4) is 0 Å². The molecule has 0 spiro atoms. The quantitative estimate of drug-likeness (QED) is 0.678. The predicted octanol–water partition coefficient (Wildman–Crippen LogP) is 3.79. The van der Waals surface area contributed by atoms with Gasteiger partial charge in [0.15, 0.2) is 0 Å². The van der Waals surface area contributed by atoms with Gasteiger partial charge in [-0.2, -0.15) is 5.26 Å². The lowest BCUT2D eigenvalue weighted by Gasteiger charge is -2.30. The third-order valence-electron chi connectivity index (χ3n) is 4.78. The third-order valence-corrected chi connectivity index (χ3v) is 4.78. The van der Waals surface area contributed by atoms with Crippen LogP contribution in [0.5, 0.6) is 0 Å². The molecule has 0 radical (unpaired) electrons. The van der Waals surface area contributed by atoms with E-state index in [9.17, 15) is 4.79 Å². The minimum Gasteiger partial charge on any atom is -0.378 e. The Morgan fingerprint density at radius 1 is 1.03 bits per heavy atom. The first-order chi connectivity index (χ1) is 14.7. The van der Waals surface area contributed by atoms with E-state index in [1.807, 2.05) is 18.2 Å². The molecule has 1 aliphatic heterocycles. The van der Waals surface area contributed by atoms with E-state index in [4.69, 9.17) is 10.00 Å². The SMILES string of the molecule is N#Cc1cccc(NC(=O)c2cncc(Nc3ccccc3N3CCOCC3)c2)c1. The number of anilines is 4. The number of carbonyl (C=O) groups is 1. The summed E-state index contributed by atoms with van der Waals surface area (Å²) >= 11 is 0. The lowest BCUT2D eigenvalue weighted by atomic mass is 10.2. The van der Waals surface area contributed by atoms with E-state index in [1.165, 1.54) is 6.20 Å². The molecule has 2 N–H and O–H groups in total. The Hall–Kier alpha value is -3.89. The van der Waals surface area contributed by atoms with Crippen LogP contribution < -0.4 is 15.5 Å². The molecule has 0 bridgehead atoms. The van der Waals surface area contributed by atoms with Crippen LogP contribution in [-0.4, -0.2) is 37.2 Å². The Bertz CT molecular complexity index is 1090. The molecule has 0 atom stereocenters. The standard InChI is InChI=1S/C23H21N5O2/c24-14-17-4-3-5-19(12-17)27-23(29)18-13-20(16-25-15-18)26-21-6-1-2-7-22(21)28-8-10-30-11-9-28/h1-7,12-13,15-16,26H,8-11H2,(H,27,29). The van der Waals surface area contributed by atoms with Gasteiger partial charge in [-0.3, -0.25) is 9.78 Å². The summed E-state index contributed by atoms with van der Waals surface area (Å²) in [5.74, 6) is -0.289. The van der Waals surface area contributed by atoms with Gasteiger partial charge in [0.1, 0.15) is 0 Å². The second-order valence-electron chi connectivity index (χ2n) is 6.85. The monoisotopic (exact) mass is 399 g/mol. The van der Waals surface area contributed by atoms with E-state index in [1.54, 1.807) is 36.5 Å². The van der Waals surface area contributed by atoms with E-state index in [2.05, 4.69) is 32.7 Å². The van der Waals surface area contributed by atoms with Gasteiger partial charge < -0.3 is 20.3 Å². The van der Waals surface area contributed by atoms with Gasteiger partial charge in [0.05, 0.1) is 53.7 Å². The van der Waals surface area contributed by atoms with Gasteiger partial charge in [0, 0.05) is 25.0 Å². The van der Waals surface area contributed by atoms with Crippen LogP contribution in [0.25, 0.3) is 0 Å². The van der Waals surface area contributed by atoms with E-state index in [0.29, 0.717) is 35.7 Å². The number of morpholine rings is 1. The predicted molar refractivity (Wildman–Crippen MR) is 116 cm³/mol. The molecular weight excluding hydrogens is 378 g/mol. The van der Waals surface area contributed by atoms with Crippen molar-refractivity contribution >= 4 is 28.7 Å². The Balaban J connectivity index is 1.51. The molecule has 1 aliphatic rings. The summed E-state index contributed by atoms with van der Waals surface area (Å²) in [5.41, 5.74) is 4.22. The summed E-state index contributed by atoms with van der Waals surface area (Å²) in [4.78, 5) is 19.1. The molecule has 2 heterocycles. The number of rotatable bonds is 5. The number of carbonyl (C=O) groups excluding carboxylic acids is 1. The third kappa shape index (κ3) is 4.57. The molecule has 150 valence electrons. The van der Waals surface area contributed by atoms with Crippen LogP contribution in [0.2, 0.25) is 0 Å². The van der Waals surface area contributed by atoms with Crippen LogP contribution in [-0.2, 0) is 4.74 Å². The number of hydrogen-bond donors (Lipinski definition) is 2. The zero-order valence-electron chi connectivity index (χ0n) is 16.3. The summed E-state index contributed by atoms with van der Waals surface area (Å²) in [5, 5.41) is 15.2. The van der Waals surface area contributed by atoms with E-state index >= 15 is 0 Å². The Labute approximate surface area is 174 Å². The second-order valence-corrected chi connectivity index (χ2v) is 6.85. The topological polar surface area (TPSA) is 90.3 Å². The number of nitrogens with one attached hydrogen (secondary N) is 2. The molecule has 0 aliphatic carbocycles. The fourth-order valence-corrected chi connectivity index (χ4v) is 3.32. The van der Waals surface area contributed by atoms with Gasteiger partial charge >= 0.3 is 0 Å². The van der Waals surface area contributed by atoms with Crippen LogP contribution in [0, 0.1) is 11.3 Å². The molecular formula is C23H21N5O2. The van der Waals surface area contributed by atoms with E-state index < -0.39 is 0 Å².